The zero-order valence-corrected chi connectivity index (χ0v) is 9.12. The van der Waals surface area contributed by atoms with E-state index in [1.807, 2.05) is 12.1 Å². The van der Waals surface area contributed by atoms with Gasteiger partial charge in [-0.15, -0.1) is 0 Å². The highest BCUT2D eigenvalue weighted by Crippen LogP contribution is 2.22. The Morgan fingerprint density at radius 2 is 2.19 bits per heavy atom. The molecule has 16 heavy (non-hydrogen) atoms. The van der Waals surface area contributed by atoms with E-state index in [1.165, 1.54) is 17.5 Å². The maximum absolute atomic E-state index is 11.4. The van der Waals surface area contributed by atoms with Crippen LogP contribution in [-0.4, -0.2) is 12.5 Å². The summed E-state index contributed by atoms with van der Waals surface area (Å²) in [6.45, 7) is 0.0871. The number of hydrogen-bond donors (Lipinski definition) is 1. The second-order valence-corrected chi connectivity index (χ2v) is 4.07. The Bertz CT molecular complexity index is 446. The SMILES string of the molecule is N#CCNC(=O)Cc1ccc2c(c1)CCC2. The second kappa shape index (κ2) is 4.80. The Hall–Kier alpha value is -1.82. The summed E-state index contributed by atoms with van der Waals surface area (Å²) in [7, 11) is 0. The van der Waals surface area contributed by atoms with Crippen molar-refractivity contribution in [2.24, 2.45) is 0 Å². The van der Waals surface area contributed by atoms with Gasteiger partial charge in [0.05, 0.1) is 12.5 Å². The van der Waals surface area contributed by atoms with E-state index in [-0.39, 0.29) is 12.5 Å². The van der Waals surface area contributed by atoms with Crippen LogP contribution in [0.2, 0.25) is 0 Å². The number of aryl methyl sites for hydroxylation is 2. The van der Waals surface area contributed by atoms with Crippen LogP contribution in [0.3, 0.4) is 0 Å². The number of rotatable bonds is 3. The molecule has 2 rings (SSSR count). The zero-order valence-electron chi connectivity index (χ0n) is 9.12. The first kappa shape index (κ1) is 10.7. The Morgan fingerprint density at radius 3 is 3.00 bits per heavy atom. The minimum atomic E-state index is -0.0838. The van der Waals surface area contributed by atoms with Crippen molar-refractivity contribution in [2.45, 2.75) is 25.7 Å². The lowest BCUT2D eigenvalue weighted by Gasteiger charge is -2.04. The highest BCUT2D eigenvalue weighted by Gasteiger charge is 2.11. The largest absolute Gasteiger partial charge is 0.343 e. The molecular weight excluding hydrogens is 200 g/mol. The highest BCUT2D eigenvalue weighted by atomic mass is 16.1. The van der Waals surface area contributed by atoms with Crippen molar-refractivity contribution in [3.63, 3.8) is 0 Å². The van der Waals surface area contributed by atoms with Gasteiger partial charge in [-0.25, -0.2) is 0 Å². The molecule has 0 atom stereocenters. The van der Waals surface area contributed by atoms with Gasteiger partial charge in [0.2, 0.25) is 5.91 Å². The van der Waals surface area contributed by atoms with Crippen LogP contribution in [0, 0.1) is 11.3 Å². The average Bonchev–Trinajstić information content (AvgIpc) is 2.73. The first-order chi connectivity index (χ1) is 7.79. The number of fused-ring (bicyclic) bond motifs is 1. The number of carbonyl (C=O) groups is 1. The quantitative estimate of drug-likeness (QED) is 0.772. The van der Waals surface area contributed by atoms with Crippen LogP contribution in [0.25, 0.3) is 0 Å². The smallest absolute Gasteiger partial charge is 0.225 e. The van der Waals surface area contributed by atoms with E-state index in [1.54, 1.807) is 0 Å². The van der Waals surface area contributed by atoms with Gasteiger partial charge in [-0.3, -0.25) is 4.79 Å². The number of nitrogens with zero attached hydrogens (tertiary/aromatic N) is 1. The van der Waals surface area contributed by atoms with Gasteiger partial charge in [0, 0.05) is 0 Å². The third-order valence-corrected chi connectivity index (χ3v) is 2.89. The van der Waals surface area contributed by atoms with Crippen molar-refractivity contribution in [1.29, 1.82) is 5.26 Å². The fourth-order valence-corrected chi connectivity index (χ4v) is 2.12. The molecule has 82 valence electrons. The van der Waals surface area contributed by atoms with Crippen LogP contribution >= 0.6 is 0 Å². The van der Waals surface area contributed by atoms with E-state index in [0.29, 0.717) is 6.42 Å². The molecular formula is C13H14N2O. The van der Waals surface area contributed by atoms with Crippen molar-refractivity contribution >= 4 is 5.91 Å². The molecule has 1 aliphatic rings. The van der Waals surface area contributed by atoms with Crippen molar-refractivity contribution in [3.8, 4) is 6.07 Å². The summed E-state index contributed by atoms with van der Waals surface area (Å²) in [5.41, 5.74) is 3.84. The normalized spacial score (nSPS) is 12.9. The van der Waals surface area contributed by atoms with Crippen molar-refractivity contribution in [2.75, 3.05) is 6.54 Å². The zero-order chi connectivity index (χ0) is 11.4. The second-order valence-electron chi connectivity index (χ2n) is 4.07. The standard InChI is InChI=1S/C13H14N2O/c14-6-7-15-13(16)9-10-4-5-11-2-1-3-12(11)8-10/h4-5,8H,1-3,7,9H2,(H,15,16). The molecule has 0 unspecified atom stereocenters. The van der Waals surface area contributed by atoms with Crippen LogP contribution in [0.5, 0.6) is 0 Å². The predicted octanol–water partition coefficient (Wildman–Crippen LogP) is 1.36. The molecule has 0 spiro atoms. The number of hydrogen-bond acceptors (Lipinski definition) is 2. The Balaban J connectivity index is 2.00. The molecule has 0 aromatic heterocycles. The highest BCUT2D eigenvalue weighted by molar-refractivity contribution is 5.78. The molecule has 1 N–H and O–H groups in total. The first-order valence-electron chi connectivity index (χ1n) is 5.54. The van der Waals surface area contributed by atoms with E-state index in [2.05, 4.69) is 17.4 Å². The number of benzene rings is 1. The molecule has 1 amide bonds. The van der Waals surface area contributed by atoms with Gasteiger partial charge >= 0.3 is 0 Å². The number of carbonyl (C=O) groups excluding carboxylic acids is 1. The summed E-state index contributed by atoms with van der Waals surface area (Å²) in [4.78, 5) is 11.4. The molecule has 1 aromatic carbocycles. The summed E-state index contributed by atoms with van der Waals surface area (Å²) in [6, 6.07) is 8.14. The van der Waals surface area contributed by atoms with E-state index < -0.39 is 0 Å². The average molecular weight is 214 g/mol. The van der Waals surface area contributed by atoms with E-state index in [4.69, 9.17) is 5.26 Å². The fourth-order valence-electron chi connectivity index (χ4n) is 2.12. The van der Waals surface area contributed by atoms with E-state index in [0.717, 1.165) is 18.4 Å². The molecule has 3 nitrogen and oxygen atoms in total. The maximum atomic E-state index is 11.4. The molecule has 0 saturated carbocycles. The molecule has 1 aliphatic carbocycles. The number of nitrogens with one attached hydrogen (secondary N) is 1. The van der Waals surface area contributed by atoms with Crippen LogP contribution < -0.4 is 5.32 Å². The third kappa shape index (κ3) is 2.40. The topological polar surface area (TPSA) is 52.9 Å². The molecule has 0 aliphatic heterocycles. The maximum Gasteiger partial charge on any atom is 0.225 e. The predicted molar refractivity (Wildman–Crippen MR) is 60.8 cm³/mol. The van der Waals surface area contributed by atoms with Crippen LogP contribution in [0.15, 0.2) is 18.2 Å². The monoisotopic (exact) mass is 214 g/mol. The molecule has 3 heteroatoms. The van der Waals surface area contributed by atoms with Gasteiger partial charge in [-0.2, -0.15) is 5.26 Å². The Kier molecular flexibility index (Phi) is 3.21. The van der Waals surface area contributed by atoms with Gasteiger partial charge in [0.25, 0.3) is 0 Å². The van der Waals surface area contributed by atoms with Crippen molar-refractivity contribution in [3.05, 3.63) is 34.9 Å². The molecule has 0 heterocycles. The van der Waals surface area contributed by atoms with Gasteiger partial charge < -0.3 is 5.32 Å². The van der Waals surface area contributed by atoms with Crippen LogP contribution in [0.4, 0.5) is 0 Å². The summed E-state index contributed by atoms with van der Waals surface area (Å²) < 4.78 is 0. The van der Waals surface area contributed by atoms with Gasteiger partial charge in [0.1, 0.15) is 6.54 Å². The third-order valence-electron chi connectivity index (χ3n) is 2.89. The summed E-state index contributed by atoms with van der Waals surface area (Å²) in [6.07, 6.45) is 3.88. The lowest BCUT2D eigenvalue weighted by atomic mass is 10.0. The first-order valence-corrected chi connectivity index (χ1v) is 5.54. The fraction of sp³-hybridized carbons (Fsp3) is 0.385. The van der Waals surface area contributed by atoms with E-state index >= 15 is 0 Å². The van der Waals surface area contributed by atoms with Crippen LogP contribution in [0.1, 0.15) is 23.1 Å². The molecule has 0 saturated heterocycles. The number of amides is 1. The van der Waals surface area contributed by atoms with Crippen LogP contribution in [-0.2, 0) is 24.1 Å². The van der Waals surface area contributed by atoms with Gasteiger partial charge in [-0.05, 0) is 36.0 Å². The minimum Gasteiger partial charge on any atom is -0.343 e. The van der Waals surface area contributed by atoms with E-state index in [9.17, 15) is 4.79 Å². The molecule has 0 fully saturated rings. The number of nitriles is 1. The Morgan fingerprint density at radius 1 is 1.38 bits per heavy atom. The Labute approximate surface area is 95.1 Å². The lowest BCUT2D eigenvalue weighted by Crippen LogP contribution is -2.25. The summed E-state index contributed by atoms with van der Waals surface area (Å²) >= 11 is 0. The summed E-state index contributed by atoms with van der Waals surface area (Å²) in [5.74, 6) is -0.0838. The van der Waals surface area contributed by atoms with Crippen molar-refractivity contribution < 1.29 is 4.79 Å². The molecule has 0 radical (unpaired) electrons. The molecule has 0 bridgehead atoms. The molecule has 1 aromatic rings. The lowest BCUT2D eigenvalue weighted by molar-refractivity contribution is -0.120. The minimum absolute atomic E-state index is 0.0838. The van der Waals surface area contributed by atoms with Gasteiger partial charge in [-0.1, -0.05) is 18.2 Å². The summed E-state index contributed by atoms with van der Waals surface area (Å²) in [5, 5.41) is 10.9. The van der Waals surface area contributed by atoms with Crippen molar-refractivity contribution in [1.82, 2.24) is 5.32 Å². The van der Waals surface area contributed by atoms with Gasteiger partial charge in [0.15, 0.2) is 0 Å².